The topological polar surface area (TPSA) is 50.3 Å². The molecule has 0 aliphatic carbocycles. The van der Waals surface area contributed by atoms with Crippen LogP contribution in [0.3, 0.4) is 0 Å². The van der Waals surface area contributed by atoms with E-state index < -0.39 is 10.0 Å². The van der Waals surface area contributed by atoms with Crippen LogP contribution >= 0.6 is 11.6 Å². The fraction of sp³-hybridized carbons (Fsp3) is 0.438. The third-order valence-corrected chi connectivity index (χ3v) is 6.42. The number of hydrogen-bond donors (Lipinski definition) is 0. The minimum absolute atomic E-state index is 0.335. The van der Waals surface area contributed by atoms with Gasteiger partial charge < -0.3 is 0 Å². The summed E-state index contributed by atoms with van der Waals surface area (Å²) < 4.78 is 27.2. The van der Waals surface area contributed by atoms with Gasteiger partial charge >= 0.3 is 0 Å². The molecule has 1 aliphatic rings. The first-order valence-electron chi connectivity index (χ1n) is 7.45. The highest BCUT2D eigenvalue weighted by Crippen LogP contribution is 2.27. The van der Waals surface area contributed by atoms with E-state index >= 15 is 0 Å². The first-order valence-corrected chi connectivity index (χ1v) is 9.27. The van der Waals surface area contributed by atoms with Crippen molar-refractivity contribution < 1.29 is 8.42 Å². The van der Waals surface area contributed by atoms with Gasteiger partial charge in [-0.1, -0.05) is 18.5 Å². The second-order valence-corrected chi connectivity index (χ2v) is 8.35. The zero-order chi connectivity index (χ0) is 15.9. The fourth-order valence-corrected chi connectivity index (χ4v) is 4.62. The van der Waals surface area contributed by atoms with Gasteiger partial charge in [-0.25, -0.2) is 13.4 Å². The van der Waals surface area contributed by atoms with E-state index in [0.717, 1.165) is 29.3 Å². The molecule has 2 aromatic rings. The van der Waals surface area contributed by atoms with Crippen molar-refractivity contribution in [3.8, 4) is 0 Å². The molecule has 0 unspecified atom stereocenters. The molecule has 0 amide bonds. The molecule has 0 atom stereocenters. The van der Waals surface area contributed by atoms with E-state index in [1.807, 2.05) is 6.92 Å². The minimum Gasteiger partial charge on any atom is -0.236 e. The second kappa shape index (κ2) is 5.80. The highest BCUT2D eigenvalue weighted by molar-refractivity contribution is 7.89. The summed E-state index contributed by atoms with van der Waals surface area (Å²) in [5, 5.41) is 1.25. The maximum absolute atomic E-state index is 12.8. The number of aromatic nitrogens is 1. The third kappa shape index (κ3) is 2.85. The Bertz CT molecular complexity index is 812. The average Bonchev–Trinajstić information content (AvgIpc) is 2.47. The van der Waals surface area contributed by atoms with Crippen LogP contribution < -0.4 is 0 Å². The van der Waals surface area contributed by atoms with Crippen LogP contribution in [-0.2, 0) is 10.0 Å². The summed E-state index contributed by atoms with van der Waals surface area (Å²) in [4.78, 5) is 4.57. The molecule has 0 bridgehead atoms. The Labute approximate surface area is 136 Å². The molecule has 0 radical (unpaired) electrons. The number of pyridine rings is 1. The van der Waals surface area contributed by atoms with Gasteiger partial charge in [-0.3, -0.25) is 0 Å². The van der Waals surface area contributed by atoms with Gasteiger partial charge in [0.1, 0.15) is 5.15 Å². The van der Waals surface area contributed by atoms with Crippen LogP contribution in [0.4, 0.5) is 0 Å². The van der Waals surface area contributed by atoms with E-state index in [4.69, 9.17) is 11.6 Å². The summed E-state index contributed by atoms with van der Waals surface area (Å²) in [5.41, 5.74) is 1.65. The Morgan fingerprint density at radius 1 is 1.23 bits per heavy atom. The Morgan fingerprint density at radius 2 is 1.91 bits per heavy atom. The number of fused-ring (bicyclic) bond motifs is 1. The van der Waals surface area contributed by atoms with E-state index in [1.54, 1.807) is 28.6 Å². The first-order chi connectivity index (χ1) is 10.4. The lowest BCUT2D eigenvalue weighted by Gasteiger charge is -2.29. The van der Waals surface area contributed by atoms with Crippen molar-refractivity contribution in [2.75, 3.05) is 13.1 Å². The summed E-state index contributed by atoms with van der Waals surface area (Å²) in [6.45, 7) is 5.27. The average molecular weight is 339 g/mol. The molecule has 1 aliphatic heterocycles. The van der Waals surface area contributed by atoms with Crippen LogP contribution in [0, 0.1) is 12.8 Å². The van der Waals surface area contributed by atoms with Crippen molar-refractivity contribution in [1.29, 1.82) is 0 Å². The maximum Gasteiger partial charge on any atom is 0.243 e. The van der Waals surface area contributed by atoms with Crippen molar-refractivity contribution in [2.45, 2.75) is 31.6 Å². The predicted molar refractivity (Wildman–Crippen MR) is 88.6 cm³/mol. The molecular weight excluding hydrogens is 320 g/mol. The van der Waals surface area contributed by atoms with Gasteiger partial charge in [-0.15, -0.1) is 0 Å². The lowest BCUT2D eigenvalue weighted by Crippen LogP contribution is -2.37. The number of aryl methyl sites for hydroxylation is 1. The molecular formula is C16H19ClN2O2S. The van der Waals surface area contributed by atoms with Gasteiger partial charge in [-0.05, 0) is 55.5 Å². The highest BCUT2D eigenvalue weighted by Gasteiger charge is 2.28. The Morgan fingerprint density at radius 3 is 2.59 bits per heavy atom. The minimum atomic E-state index is -3.43. The smallest absolute Gasteiger partial charge is 0.236 e. The van der Waals surface area contributed by atoms with Crippen LogP contribution in [0.25, 0.3) is 10.9 Å². The van der Waals surface area contributed by atoms with Gasteiger partial charge in [0.2, 0.25) is 10.0 Å². The van der Waals surface area contributed by atoms with Gasteiger partial charge in [0.05, 0.1) is 10.4 Å². The fourth-order valence-electron chi connectivity index (χ4n) is 2.87. The molecule has 1 aromatic carbocycles. The summed E-state index contributed by atoms with van der Waals surface area (Å²) in [7, 11) is -3.43. The van der Waals surface area contributed by atoms with E-state index in [-0.39, 0.29) is 0 Å². The zero-order valence-corrected chi connectivity index (χ0v) is 14.3. The molecule has 118 valence electrons. The number of benzene rings is 1. The quantitative estimate of drug-likeness (QED) is 0.786. The van der Waals surface area contributed by atoms with Crippen LogP contribution in [0.2, 0.25) is 5.15 Å². The Hall–Kier alpha value is -1.17. The van der Waals surface area contributed by atoms with Crippen molar-refractivity contribution in [2.24, 2.45) is 5.92 Å². The number of rotatable bonds is 2. The third-order valence-electron chi connectivity index (χ3n) is 4.34. The van der Waals surface area contributed by atoms with E-state index in [2.05, 4.69) is 11.9 Å². The lowest BCUT2D eigenvalue weighted by molar-refractivity contribution is 0.288. The molecule has 1 fully saturated rings. The number of piperidine rings is 1. The normalized spacial score (nSPS) is 18.0. The van der Waals surface area contributed by atoms with Crippen LogP contribution in [0.1, 0.15) is 25.3 Å². The SMILES string of the molecule is Cc1cc(Cl)nc2ccc(S(=O)(=O)N3CCC(C)CC3)cc12. The Balaban J connectivity index is 2.02. The molecule has 2 heterocycles. The standard InChI is InChI=1S/C16H19ClN2O2S/c1-11-5-7-19(8-6-11)22(20,21)13-3-4-15-14(10-13)12(2)9-16(17)18-15/h3-4,9-11H,5-8H2,1-2H3. The van der Waals surface area contributed by atoms with Crippen LogP contribution in [0.15, 0.2) is 29.2 Å². The van der Waals surface area contributed by atoms with Crippen LogP contribution in [-0.4, -0.2) is 30.8 Å². The lowest BCUT2D eigenvalue weighted by atomic mass is 10.0. The van der Waals surface area contributed by atoms with Crippen molar-refractivity contribution in [1.82, 2.24) is 9.29 Å². The number of halogens is 1. The van der Waals surface area contributed by atoms with Crippen molar-refractivity contribution >= 4 is 32.5 Å². The summed E-state index contributed by atoms with van der Waals surface area (Å²) >= 11 is 5.95. The number of nitrogens with zero attached hydrogens (tertiary/aromatic N) is 2. The van der Waals surface area contributed by atoms with E-state index in [9.17, 15) is 8.42 Å². The van der Waals surface area contributed by atoms with E-state index in [1.165, 1.54) is 0 Å². The molecule has 22 heavy (non-hydrogen) atoms. The predicted octanol–water partition coefficient (Wildman–Crippen LogP) is 3.62. The molecule has 0 N–H and O–H groups in total. The summed E-state index contributed by atoms with van der Waals surface area (Å²) in [6, 6.07) is 6.82. The molecule has 4 nitrogen and oxygen atoms in total. The first kappa shape index (κ1) is 15.7. The maximum atomic E-state index is 12.8. The molecule has 1 aromatic heterocycles. The van der Waals surface area contributed by atoms with Gasteiger partial charge in [0.25, 0.3) is 0 Å². The van der Waals surface area contributed by atoms with E-state index in [0.29, 0.717) is 29.1 Å². The molecule has 1 saturated heterocycles. The summed E-state index contributed by atoms with van der Waals surface area (Å²) in [6.07, 6.45) is 1.84. The van der Waals surface area contributed by atoms with Gasteiger partial charge in [0, 0.05) is 18.5 Å². The van der Waals surface area contributed by atoms with Gasteiger partial charge in [-0.2, -0.15) is 4.31 Å². The molecule has 0 saturated carbocycles. The second-order valence-electron chi connectivity index (χ2n) is 6.03. The monoisotopic (exact) mass is 338 g/mol. The Kier molecular flexibility index (Phi) is 4.14. The largest absolute Gasteiger partial charge is 0.243 e. The number of hydrogen-bond acceptors (Lipinski definition) is 3. The molecule has 3 rings (SSSR count). The molecule has 6 heteroatoms. The van der Waals surface area contributed by atoms with Crippen LogP contribution in [0.5, 0.6) is 0 Å². The highest BCUT2D eigenvalue weighted by atomic mass is 35.5. The summed E-state index contributed by atoms with van der Waals surface area (Å²) in [5.74, 6) is 0.594. The van der Waals surface area contributed by atoms with Crippen molar-refractivity contribution in [3.05, 3.63) is 35.0 Å². The van der Waals surface area contributed by atoms with Crippen molar-refractivity contribution in [3.63, 3.8) is 0 Å². The zero-order valence-electron chi connectivity index (χ0n) is 12.7. The molecule has 0 spiro atoms. The number of sulfonamides is 1. The van der Waals surface area contributed by atoms with Gasteiger partial charge in [0.15, 0.2) is 0 Å².